The second-order valence-electron chi connectivity index (χ2n) is 4.90. The van der Waals surface area contributed by atoms with E-state index in [0.717, 1.165) is 23.4 Å². The number of rotatable bonds is 2. The molecule has 1 aromatic heterocycles. The summed E-state index contributed by atoms with van der Waals surface area (Å²) in [5.41, 5.74) is 2.39. The van der Waals surface area contributed by atoms with Gasteiger partial charge in [-0.1, -0.05) is 24.3 Å². The first-order valence-electron chi connectivity index (χ1n) is 6.74. The molecule has 1 aliphatic heterocycles. The SMILES string of the molecule is [c]1cn(Cc2ccc3c(c2)OCCO3)c2ccccc12. The molecule has 0 atom stereocenters. The Morgan fingerprint density at radius 3 is 2.80 bits per heavy atom. The molecule has 2 aromatic carbocycles. The van der Waals surface area contributed by atoms with E-state index < -0.39 is 0 Å². The molecule has 0 bridgehead atoms. The van der Waals surface area contributed by atoms with Crippen molar-refractivity contribution in [2.75, 3.05) is 13.2 Å². The van der Waals surface area contributed by atoms with Crippen LogP contribution in [0.5, 0.6) is 11.5 Å². The van der Waals surface area contributed by atoms with Gasteiger partial charge in [0.05, 0.1) is 0 Å². The van der Waals surface area contributed by atoms with Gasteiger partial charge < -0.3 is 14.0 Å². The number of hydrogen-bond acceptors (Lipinski definition) is 2. The zero-order valence-electron chi connectivity index (χ0n) is 11.0. The highest BCUT2D eigenvalue weighted by Gasteiger charge is 2.12. The smallest absolute Gasteiger partial charge is 0.161 e. The lowest BCUT2D eigenvalue weighted by Gasteiger charge is -2.19. The fraction of sp³-hybridized carbons (Fsp3) is 0.176. The van der Waals surface area contributed by atoms with Crippen LogP contribution in [0.1, 0.15) is 5.56 Å². The van der Waals surface area contributed by atoms with Gasteiger partial charge in [-0.05, 0) is 23.8 Å². The van der Waals surface area contributed by atoms with Crippen molar-refractivity contribution < 1.29 is 9.47 Å². The van der Waals surface area contributed by atoms with Crippen LogP contribution < -0.4 is 9.47 Å². The normalized spacial score (nSPS) is 13.6. The Labute approximate surface area is 117 Å². The molecule has 20 heavy (non-hydrogen) atoms. The lowest BCUT2D eigenvalue weighted by molar-refractivity contribution is 0.171. The van der Waals surface area contributed by atoms with Crippen molar-refractivity contribution in [3.8, 4) is 11.5 Å². The molecular weight excluding hydrogens is 250 g/mol. The summed E-state index contributed by atoms with van der Waals surface area (Å²) in [6.07, 6.45) is 2.00. The highest BCUT2D eigenvalue weighted by molar-refractivity contribution is 5.79. The van der Waals surface area contributed by atoms with Gasteiger partial charge >= 0.3 is 0 Å². The molecule has 3 aromatic rings. The Hall–Kier alpha value is -2.42. The summed E-state index contributed by atoms with van der Waals surface area (Å²) in [6.45, 7) is 2.06. The van der Waals surface area contributed by atoms with Crippen LogP contribution in [0, 0.1) is 6.07 Å². The van der Waals surface area contributed by atoms with E-state index in [-0.39, 0.29) is 0 Å². The van der Waals surface area contributed by atoms with Crippen molar-refractivity contribution in [2.24, 2.45) is 0 Å². The van der Waals surface area contributed by atoms with Gasteiger partial charge in [-0.2, -0.15) is 0 Å². The average molecular weight is 264 g/mol. The molecule has 99 valence electrons. The number of hydrogen-bond donors (Lipinski definition) is 0. The third-order valence-electron chi connectivity index (χ3n) is 3.55. The number of ether oxygens (including phenoxy) is 2. The molecule has 0 N–H and O–H groups in total. The van der Waals surface area contributed by atoms with Gasteiger partial charge in [-0.15, -0.1) is 0 Å². The molecule has 3 heteroatoms. The molecule has 1 radical (unpaired) electrons. The fourth-order valence-corrected chi connectivity index (χ4v) is 2.58. The summed E-state index contributed by atoms with van der Waals surface area (Å²) < 4.78 is 13.4. The van der Waals surface area contributed by atoms with Gasteiger partial charge in [-0.25, -0.2) is 0 Å². The summed E-state index contributed by atoms with van der Waals surface area (Å²) in [5, 5.41) is 1.14. The topological polar surface area (TPSA) is 23.4 Å². The molecule has 4 rings (SSSR count). The van der Waals surface area contributed by atoms with Gasteiger partial charge in [-0.3, -0.25) is 0 Å². The second kappa shape index (κ2) is 4.60. The fourth-order valence-electron chi connectivity index (χ4n) is 2.58. The number of nitrogens with zero attached hydrogens (tertiary/aromatic N) is 1. The zero-order chi connectivity index (χ0) is 13.4. The lowest BCUT2D eigenvalue weighted by atomic mass is 10.2. The van der Waals surface area contributed by atoms with Gasteiger partial charge in [0.15, 0.2) is 11.5 Å². The van der Waals surface area contributed by atoms with E-state index in [1.54, 1.807) is 0 Å². The molecule has 3 nitrogen and oxygen atoms in total. The van der Waals surface area contributed by atoms with Crippen molar-refractivity contribution in [3.63, 3.8) is 0 Å². The molecular formula is C17H14NO2. The van der Waals surface area contributed by atoms with Crippen molar-refractivity contribution in [1.82, 2.24) is 4.57 Å². The number of para-hydroxylation sites is 1. The van der Waals surface area contributed by atoms with Crippen LogP contribution in [0.2, 0.25) is 0 Å². The van der Waals surface area contributed by atoms with E-state index in [1.807, 2.05) is 18.3 Å². The largest absolute Gasteiger partial charge is 0.486 e. The molecule has 2 heterocycles. The predicted molar refractivity (Wildman–Crippen MR) is 77.3 cm³/mol. The first-order chi connectivity index (χ1) is 9.90. The standard InChI is InChI=1S/C17H14NO2/c1-2-4-15-14(3-1)7-8-18(15)12-13-5-6-16-17(11-13)20-10-9-19-16/h1-6,8,11H,9-10,12H2. The molecule has 0 fully saturated rings. The van der Waals surface area contributed by atoms with Crippen LogP contribution >= 0.6 is 0 Å². The van der Waals surface area contributed by atoms with Crippen LogP contribution in [0.15, 0.2) is 48.7 Å². The molecule has 1 aliphatic rings. The van der Waals surface area contributed by atoms with E-state index in [1.165, 1.54) is 11.1 Å². The Morgan fingerprint density at radius 2 is 1.85 bits per heavy atom. The van der Waals surface area contributed by atoms with Crippen molar-refractivity contribution in [3.05, 3.63) is 60.3 Å². The Morgan fingerprint density at radius 1 is 1.00 bits per heavy atom. The van der Waals surface area contributed by atoms with Gasteiger partial charge in [0, 0.05) is 29.7 Å². The molecule has 0 saturated carbocycles. The molecule has 0 unspecified atom stereocenters. The van der Waals surface area contributed by atoms with Gasteiger partial charge in [0.2, 0.25) is 0 Å². The quantitative estimate of drug-likeness (QED) is 0.709. The summed E-state index contributed by atoms with van der Waals surface area (Å²) in [6, 6.07) is 17.7. The minimum Gasteiger partial charge on any atom is -0.486 e. The molecule has 0 spiro atoms. The first-order valence-corrected chi connectivity index (χ1v) is 6.74. The van der Waals surface area contributed by atoms with Crippen molar-refractivity contribution in [2.45, 2.75) is 6.54 Å². The van der Waals surface area contributed by atoms with Crippen LogP contribution in [-0.4, -0.2) is 17.8 Å². The van der Waals surface area contributed by atoms with E-state index in [2.05, 4.69) is 41.0 Å². The van der Waals surface area contributed by atoms with Crippen LogP contribution in [0.4, 0.5) is 0 Å². The maximum Gasteiger partial charge on any atom is 0.161 e. The first kappa shape index (κ1) is 11.4. The number of aromatic nitrogens is 1. The average Bonchev–Trinajstić information content (AvgIpc) is 2.91. The third kappa shape index (κ3) is 1.92. The zero-order valence-corrected chi connectivity index (χ0v) is 11.0. The summed E-state index contributed by atoms with van der Waals surface area (Å²) in [7, 11) is 0. The lowest BCUT2D eigenvalue weighted by Crippen LogP contribution is -2.15. The van der Waals surface area contributed by atoms with Crippen LogP contribution in [-0.2, 0) is 6.54 Å². The molecule has 0 saturated heterocycles. The third-order valence-corrected chi connectivity index (χ3v) is 3.55. The second-order valence-corrected chi connectivity index (χ2v) is 4.90. The van der Waals surface area contributed by atoms with Crippen molar-refractivity contribution in [1.29, 1.82) is 0 Å². The summed E-state index contributed by atoms with van der Waals surface area (Å²) in [5.74, 6) is 1.68. The molecule has 0 amide bonds. The van der Waals surface area contributed by atoms with Gasteiger partial charge in [0.1, 0.15) is 13.2 Å². The number of benzene rings is 2. The summed E-state index contributed by atoms with van der Waals surface area (Å²) in [4.78, 5) is 0. The van der Waals surface area contributed by atoms with E-state index in [4.69, 9.17) is 9.47 Å². The Bertz CT molecular complexity index is 761. The van der Waals surface area contributed by atoms with E-state index in [0.29, 0.717) is 13.2 Å². The van der Waals surface area contributed by atoms with E-state index in [9.17, 15) is 0 Å². The number of fused-ring (bicyclic) bond motifs is 2. The highest BCUT2D eigenvalue weighted by atomic mass is 16.6. The molecule has 0 aliphatic carbocycles. The van der Waals surface area contributed by atoms with Crippen molar-refractivity contribution >= 4 is 10.9 Å². The van der Waals surface area contributed by atoms with Crippen LogP contribution in [0.3, 0.4) is 0 Å². The maximum atomic E-state index is 5.63. The van der Waals surface area contributed by atoms with E-state index >= 15 is 0 Å². The Balaban J connectivity index is 1.68. The maximum absolute atomic E-state index is 5.63. The van der Waals surface area contributed by atoms with Crippen LogP contribution in [0.25, 0.3) is 10.9 Å². The predicted octanol–water partition coefficient (Wildman–Crippen LogP) is 3.26. The highest BCUT2D eigenvalue weighted by Crippen LogP contribution is 2.31. The minimum atomic E-state index is 0.622. The van der Waals surface area contributed by atoms with Gasteiger partial charge in [0.25, 0.3) is 0 Å². The minimum absolute atomic E-state index is 0.622. The summed E-state index contributed by atoms with van der Waals surface area (Å²) >= 11 is 0. The monoisotopic (exact) mass is 264 g/mol. The Kier molecular flexibility index (Phi) is 2.62.